The Balaban J connectivity index is 1.46. The average Bonchev–Trinajstić information content (AvgIpc) is 3.48. The number of nitrogens with one attached hydrogen (secondary N) is 2. The highest BCUT2D eigenvalue weighted by molar-refractivity contribution is 6.03. The zero-order valence-corrected chi connectivity index (χ0v) is 15.5. The molecule has 0 atom stereocenters. The molecule has 3 heterocycles. The van der Waals surface area contributed by atoms with E-state index in [9.17, 15) is 9.59 Å². The SMILES string of the molecule is O=C(Nc1ccccc1-n1ncc2c(=O)[nH]cnc21)c1coc(C2CCCC2)n1. The third kappa shape index (κ3) is 3.10. The molecule has 0 aliphatic heterocycles. The van der Waals surface area contributed by atoms with E-state index >= 15 is 0 Å². The third-order valence-electron chi connectivity index (χ3n) is 5.21. The summed E-state index contributed by atoms with van der Waals surface area (Å²) in [5.74, 6) is 0.554. The lowest BCUT2D eigenvalue weighted by atomic mass is 10.1. The third-order valence-corrected chi connectivity index (χ3v) is 5.21. The highest BCUT2D eigenvalue weighted by Crippen LogP contribution is 2.33. The topological polar surface area (TPSA) is 119 Å². The Morgan fingerprint density at radius 1 is 1.24 bits per heavy atom. The van der Waals surface area contributed by atoms with E-state index in [0.717, 1.165) is 25.7 Å². The summed E-state index contributed by atoms with van der Waals surface area (Å²) in [4.78, 5) is 35.8. The van der Waals surface area contributed by atoms with Crippen LogP contribution in [0.2, 0.25) is 0 Å². The lowest BCUT2D eigenvalue weighted by molar-refractivity contribution is 0.102. The first kappa shape index (κ1) is 17.4. The molecule has 146 valence electrons. The molecule has 1 fully saturated rings. The smallest absolute Gasteiger partial charge is 0.277 e. The number of aromatic amines is 1. The summed E-state index contributed by atoms with van der Waals surface area (Å²) in [7, 11) is 0. The van der Waals surface area contributed by atoms with E-state index in [4.69, 9.17) is 4.42 Å². The fraction of sp³-hybridized carbons (Fsp3) is 0.250. The van der Waals surface area contributed by atoms with Crippen molar-refractivity contribution < 1.29 is 9.21 Å². The van der Waals surface area contributed by atoms with E-state index in [0.29, 0.717) is 34.2 Å². The first-order valence-corrected chi connectivity index (χ1v) is 9.48. The maximum Gasteiger partial charge on any atom is 0.277 e. The van der Waals surface area contributed by atoms with Gasteiger partial charge in [0.1, 0.15) is 11.6 Å². The molecule has 2 N–H and O–H groups in total. The van der Waals surface area contributed by atoms with E-state index < -0.39 is 0 Å². The number of hydrogen-bond donors (Lipinski definition) is 2. The zero-order chi connectivity index (χ0) is 19.8. The van der Waals surface area contributed by atoms with Gasteiger partial charge in [-0.25, -0.2) is 14.6 Å². The molecule has 9 nitrogen and oxygen atoms in total. The molecule has 5 rings (SSSR count). The second-order valence-electron chi connectivity index (χ2n) is 7.05. The number of carbonyl (C=O) groups excluding carboxylic acids is 1. The number of H-pyrrole nitrogens is 1. The molecule has 0 spiro atoms. The number of oxazole rings is 1. The molecular weight excluding hydrogens is 372 g/mol. The molecule has 1 aliphatic carbocycles. The molecule has 0 saturated heterocycles. The van der Waals surface area contributed by atoms with Crippen molar-refractivity contribution in [2.24, 2.45) is 0 Å². The van der Waals surface area contributed by atoms with Gasteiger partial charge in [-0.1, -0.05) is 25.0 Å². The van der Waals surface area contributed by atoms with Crippen LogP contribution in [0.3, 0.4) is 0 Å². The van der Waals surface area contributed by atoms with Crippen LogP contribution in [0.5, 0.6) is 0 Å². The van der Waals surface area contributed by atoms with Crippen molar-refractivity contribution in [1.29, 1.82) is 0 Å². The Morgan fingerprint density at radius 3 is 2.93 bits per heavy atom. The van der Waals surface area contributed by atoms with Gasteiger partial charge < -0.3 is 14.7 Å². The van der Waals surface area contributed by atoms with Crippen LogP contribution in [0.15, 0.2) is 52.3 Å². The van der Waals surface area contributed by atoms with Gasteiger partial charge in [0.05, 0.1) is 23.9 Å². The Hall–Kier alpha value is -3.75. The molecule has 1 saturated carbocycles. The first-order valence-electron chi connectivity index (χ1n) is 9.48. The molecule has 0 unspecified atom stereocenters. The molecule has 0 bridgehead atoms. The number of nitrogens with zero attached hydrogens (tertiary/aromatic N) is 4. The first-order chi connectivity index (χ1) is 14.2. The fourth-order valence-electron chi connectivity index (χ4n) is 3.74. The summed E-state index contributed by atoms with van der Waals surface area (Å²) >= 11 is 0. The number of amides is 1. The Morgan fingerprint density at radius 2 is 2.07 bits per heavy atom. The Kier molecular flexibility index (Phi) is 4.19. The average molecular weight is 390 g/mol. The summed E-state index contributed by atoms with van der Waals surface area (Å²) in [6.07, 6.45) is 8.59. The molecule has 9 heteroatoms. The largest absolute Gasteiger partial charge is 0.448 e. The van der Waals surface area contributed by atoms with Gasteiger partial charge in [-0.2, -0.15) is 5.10 Å². The van der Waals surface area contributed by atoms with Crippen molar-refractivity contribution in [3.05, 3.63) is 65.0 Å². The summed E-state index contributed by atoms with van der Waals surface area (Å²) in [5, 5.41) is 7.50. The van der Waals surface area contributed by atoms with E-state index in [1.807, 2.05) is 6.07 Å². The molecule has 4 aromatic rings. The minimum absolute atomic E-state index is 0.238. The predicted octanol–water partition coefficient (Wildman–Crippen LogP) is 3.01. The predicted molar refractivity (Wildman–Crippen MR) is 105 cm³/mol. The number of aromatic nitrogens is 5. The van der Waals surface area contributed by atoms with E-state index in [1.165, 1.54) is 23.5 Å². The molecule has 0 radical (unpaired) electrons. The van der Waals surface area contributed by atoms with Gasteiger partial charge in [0.25, 0.3) is 11.5 Å². The Labute approximate surface area is 164 Å². The van der Waals surface area contributed by atoms with Crippen LogP contribution in [0.1, 0.15) is 48.0 Å². The van der Waals surface area contributed by atoms with Crippen LogP contribution in [0.4, 0.5) is 5.69 Å². The summed E-state index contributed by atoms with van der Waals surface area (Å²) in [6.45, 7) is 0. The second-order valence-corrected chi connectivity index (χ2v) is 7.05. The van der Waals surface area contributed by atoms with Crippen molar-refractivity contribution in [2.75, 3.05) is 5.32 Å². The number of para-hydroxylation sites is 2. The normalized spacial score (nSPS) is 14.5. The van der Waals surface area contributed by atoms with Crippen LogP contribution in [-0.4, -0.2) is 30.6 Å². The van der Waals surface area contributed by atoms with Gasteiger partial charge in [-0.3, -0.25) is 9.59 Å². The molecule has 3 aromatic heterocycles. The number of rotatable bonds is 4. The maximum atomic E-state index is 12.7. The lowest BCUT2D eigenvalue weighted by Crippen LogP contribution is -2.15. The summed E-state index contributed by atoms with van der Waals surface area (Å²) < 4.78 is 7.06. The van der Waals surface area contributed by atoms with E-state index in [2.05, 4.69) is 25.4 Å². The van der Waals surface area contributed by atoms with E-state index in [1.54, 1.807) is 18.2 Å². The van der Waals surface area contributed by atoms with Gasteiger partial charge >= 0.3 is 0 Å². The number of carbonyl (C=O) groups is 1. The highest BCUT2D eigenvalue weighted by Gasteiger charge is 2.24. The molecule has 29 heavy (non-hydrogen) atoms. The van der Waals surface area contributed by atoms with Gasteiger partial charge in [-0.05, 0) is 25.0 Å². The molecule has 1 aliphatic rings. The van der Waals surface area contributed by atoms with Gasteiger partial charge in [0.2, 0.25) is 0 Å². The quantitative estimate of drug-likeness (QED) is 0.553. The highest BCUT2D eigenvalue weighted by atomic mass is 16.3. The monoisotopic (exact) mass is 390 g/mol. The van der Waals surface area contributed by atoms with E-state index in [-0.39, 0.29) is 17.2 Å². The van der Waals surface area contributed by atoms with Crippen molar-refractivity contribution in [3.8, 4) is 5.69 Å². The zero-order valence-electron chi connectivity index (χ0n) is 15.5. The minimum Gasteiger partial charge on any atom is -0.448 e. The Bertz CT molecular complexity index is 1250. The minimum atomic E-state index is -0.368. The fourth-order valence-corrected chi connectivity index (χ4v) is 3.74. The molecule has 1 aromatic carbocycles. The number of fused-ring (bicyclic) bond motifs is 1. The van der Waals surface area contributed by atoms with Crippen molar-refractivity contribution >= 4 is 22.6 Å². The van der Waals surface area contributed by atoms with Crippen molar-refractivity contribution in [2.45, 2.75) is 31.6 Å². The summed E-state index contributed by atoms with van der Waals surface area (Å²) in [5.41, 5.74) is 1.48. The maximum absolute atomic E-state index is 12.7. The number of anilines is 1. The van der Waals surface area contributed by atoms with Crippen LogP contribution in [0.25, 0.3) is 16.7 Å². The summed E-state index contributed by atoms with van der Waals surface area (Å²) in [6, 6.07) is 7.17. The van der Waals surface area contributed by atoms with Crippen molar-refractivity contribution in [3.63, 3.8) is 0 Å². The van der Waals surface area contributed by atoms with Gasteiger partial charge in [0.15, 0.2) is 17.2 Å². The van der Waals surface area contributed by atoms with Crippen molar-refractivity contribution in [1.82, 2.24) is 24.7 Å². The number of benzene rings is 1. The molecule has 1 amide bonds. The standard InChI is InChI=1S/C20H18N6O3/c27-18-13-9-23-26(17(13)21-11-22-18)16-8-4-3-7-14(16)24-19(28)15-10-29-20(25-15)12-5-1-2-6-12/h3-4,7-12H,1-2,5-6H2,(H,24,28)(H,21,22,27). The van der Waals surface area contributed by atoms with Crippen LogP contribution >= 0.6 is 0 Å². The van der Waals surface area contributed by atoms with Crippen LogP contribution in [-0.2, 0) is 0 Å². The van der Waals surface area contributed by atoms with Crippen LogP contribution in [0, 0.1) is 0 Å². The second kappa shape index (κ2) is 7.01. The number of hydrogen-bond acceptors (Lipinski definition) is 6. The van der Waals surface area contributed by atoms with Gasteiger partial charge in [0, 0.05) is 5.92 Å². The lowest BCUT2D eigenvalue weighted by Gasteiger charge is -2.10. The van der Waals surface area contributed by atoms with Gasteiger partial charge in [-0.15, -0.1) is 0 Å². The van der Waals surface area contributed by atoms with Crippen LogP contribution < -0.4 is 10.9 Å². The molecular formula is C20H18N6O3.